The van der Waals surface area contributed by atoms with Crippen molar-refractivity contribution in [1.82, 2.24) is 0 Å². The van der Waals surface area contributed by atoms with Crippen LogP contribution in [0.25, 0.3) is 0 Å². The van der Waals surface area contributed by atoms with Crippen molar-refractivity contribution in [1.29, 1.82) is 0 Å². The largest absolute Gasteiger partial charge is 0.499 e. The molecule has 0 N–H and O–H groups in total. The van der Waals surface area contributed by atoms with E-state index in [1.165, 1.54) is 6.26 Å². The van der Waals surface area contributed by atoms with Crippen LogP contribution in [0.15, 0.2) is 10.8 Å². The number of hydrogen-bond donors (Lipinski definition) is 0. The van der Waals surface area contributed by atoms with E-state index in [1.54, 1.807) is 0 Å². The van der Waals surface area contributed by atoms with Gasteiger partial charge in [0.2, 0.25) is 0 Å². The zero-order valence-electron chi connectivity index (χ0n) is 3.95. The Hall–Kier alpha value is 0.120. The van der Waals surface area contributed by atoms with Crippen LogP contribution < -0.4 is 0 Å². The molecule has 0 atom stereocenters. The van der Waals surface area contributed by atoms with Crippen molar-refractivity contribution >= 4 is 23.2 Å². The summed E-state index contributed by atoms with van der Waals surface area (Å²) in [6.45, 7) is 2.45. The molecule has 0 amide bonds. The molecule has 0 saturated carbocycles. The van der Waals surface area contributed by atoms with Crippen molar-refractivity contribution in [3.63, 3.8) is 0 Å². The van der Waals surface area contributed by atoms with Gasteiger partial charge in [-0.3, -0.25) is 0 Å². The molecular formula is C4H6Cl2O. The molecule has 0 aliphatic carbocycles. The summed E-state index contributed by atoms with van der Waals surface area (Å²) in [6.07, 6.45) is 1.29. The van der Waals surface area contributed by atoms with Gasteiger partial charge < -0.3 is 4.74 Å². The molecule has 0 spiro atoms. The minimum atomic E-state index is 0.154. The standard InChI is InChI=1S/C4H6Cl2O/c1-2-7-3-4(5)6/h3H,2H2,1H3. The highest BCUT2D eigenvalue weighted by Crippen LogP contribution is 2.04. The predicted molar refractivity (Wildman–Crippen MR) is 31.4 cm³/mol. The van der Waals surface area contributed by atoms with Gasteiger partial charge in [-0.15, -0.1) is 0 Å². The normalized spacial score (nSPS) is 7.86. The molecule has 0 bridgehead atoms. The highest BCUT2D eigenvalue weighted by molar-refractivity contribution is 6.55. The molecule has 0 aliphatic heterocycles. The van der Waals surface area contributed by atoms with Crippen molar-refractivity contribution in [3.8, 4) is 0 Å². The zero-order valence-corrected chi connectivity index (χ0v) is 5.46. The van der Waals surface area contributed by atoms with E-state index in [1.807, 2.05) is 6.92 Å². The first kappa shape index (κ1) is 7.12. The molecule has 0 aromatic carbocycles. The molecule has 0 aromatic heterocycles. The second-order valence-corrected chi connectivity index (χ2v) is 1.87. The highest BCUT2D eigenvalue weighted by atomic mass is 35.5. The van der Waals surface area contributed by atoms with Gasteiger partial charge in [0.25, 0.3) is 0 Å². The summed E-state index contributed by atoms with van der Waals surface area (Å²) < 4.78 is 4.82. The van der Waals surface area contributed by atoms with E-state index in [0.29, 0.717) is 6.61 Å². The van der Waals surface area contributed by atoms with Crippen molar-refractivity contribution in [3.05, 3.63) is 10.8 Å². The Morgan fingerprint density at radius 3 is 2.43 bits per heavy atom. The minimum Gasteiger partial charge on any atom is -0.499 e. The maximum Gasteiger partial charge on any atom is 0.141 e. The van der Waals surface area contributed by atoms with E-state index < -0.39 is 0 Å². The molecular weight excluding hydrogens is 135 g/mol. The lowest BCUT2D eigenvalue weighted by Gasteiger charge is -1.88. The molecule has 0 aromatic rings. The first-order valence-electron chi connectivity index (χ1n) is 1.90. The van der Waals surface area contributed by atoms with E-state index in [-0.39, 0.29) is 4.49 Å². The fraction of sp³-hybridized carbons (Fsp3) is 0.500. The average Bonchev–Trinajstić information content (AvgIpc) is 1.61. The molecule has 0 rings (SSSR count). The van der Waals surface area contributed by atoms with E-state index in [0.717, 1.165) is 0 Å². The second-order valence-electron chi connectivity index (χ2n) is 0.863. The third-order valence-corrected chi connectivity index (χ3v) is 0.517. The van der Waals surface area contributed by atoms with Gasteiger partial charge >= 0.3 is 0 Å². The Balaban J connectivity index is 3.08. The van der Waals surface area contributed by atoms with Gasteiger partial charge in [-0.2, -0.15) is 0 Å². The van der Waals surface area contributed by atoms with Crippen molar-refractivity contribution in [2.24, 2.45) is 0 Å². The Labute approximate surface area is 52.9 Å². The molecule has 42 valence electrons. The fourth-order valence-corrected chi connectivity index (χ4v) is 0.272. The number of halogens is 2. The van der Waals surface area contributed by atoms with Crippen LogP contribution in [0.3, 0.4) is 0 Å². The summed E-state index contributed by atoms with van der Waals surface area (Å²) in [5, 5.41) is 0. The monoisotopic (exact) mass is 140 g/mol. The van der Waals surface area contributed by atoms with Crippen molar-refractivity contribution in [2.45, 2.75) is 6.92 Å². The summed E-state index contributed by atoms with van der Waals surface area (Å²) in [4.78, 5) is 0. The van der Waals surface area contributed by atoms with Crippen LogP contribution in [0.2, 0.25) is 0 Å². The SMILES string of the molecule is CCOC=C(Cl)Cl. The van der Waals surface area contributed by atoms with E-state index in [9.17, 15) is 0 Å². The number of rotatable bonds is 2. The lowest BCUT2D eigenvalue weighted by molar-refractivity contribution is 0.269. The Morgan fingerprint density at radius 2 is 2.29 bits per heavy atom. The van der Waals surface area contributed by atoms with E-state index >= 15 is 0 Å². The van der Waals surface area contributed by atoms with Crippen molar-refractivity contribution < 1.29 is 4.74 Å². The lowest BCUT2D eigenvalue weighted by Crippen LogP contribution is -1.75. The average molecular weight is 141 g/mol. The first-order chi connectivity index (χ1) is 3.27. The number of ether oxygens (including phenoxy) is 1. The van der Waals surface area contributed by atoms with Gasteiger partial charge in [-0.1, -0.05) is 23.2 Å². The van der Waals surface area contributed by atoms with Crippen LogP contribution in [0.1, 0.15) is 6.92 Å². The van der Waals surface area contributed by atoms with Gasteiger partial charge in [0.15, 0.2) is 0 Å². The molecule has 0 unspecified atom stereocenters. The van der Waals surface area contributed by atoms with Gasteiger partial charge in [0, 0.05) is 0 Å². The highest BCUT2D eigenvalue weighted by Gasteiger charge is 1.77. The molecule has 0 fully saturated rings. The fourth-order valence-electron chi connectivity index (χ4n) is 0.146. The van der Waals surface area contributed by atoms with Crippen molar-refractivity contribution in [2.75, 3.05) is 6.61 Å². The van der Waals surface area contributed by atoms with Crippen LogP contribution in [0, 0.1) is 0 Å². The number of hydrogen-bond acceptors (Lipinski definition) is 1. The van der Waals surface area contributed by atoms with Crippen LogP contribution >= 0.6 is 23.2 Å². The van der Waals surface area contributed by atoms with Gasteiger partial charge in [-0.05, 0) is 6.92 Å². The molecule has 1 nitrogen and oxygen atoms in total. The summed E-state index contributed by atoms with van der Waals surface area (Å²) in [5.74, 6) is 0. The van der Waals surface area contributed by atoms with Crippen LogP contribution in [-0.4, -0.2) is 6.61 Å². The Morgan fingerprint density at radius 1 is 1.71 bits per heavy atom. The van der Waals surface area contributed by atoms with Gasteiger partial charge in [0.05, 0.1) is 6.61 Å². The molecule has 7 heavy (non-hydrogen) atoms. The topological polar surface area (TPSA) is 9.23 Å². The smallest absolute Gasteiger partial charge is 0.141 e. The van der Waals surface area contributed by atoms with Crippen LogP contribution in [0.5, 0.6) is 0 Å². The molecule has 0 saturated heterocycles. The minimum absolute atomic E-state index is 0.154. The van der Waals surface area contributed by atoms with E-state index in [4.69, 9.17) is 23.2 Å². The zero-order chi connectivity index (χ0) is 5.70. The Bertz CT molecular complexity index is 66.1. The molecule has 3 heteroatoms. The third-order valence-electron chi connectivity index (χ3n) is 0.339. The second kappa shape index (κ2) is 4.28. The first-order valence-corrected chi connectivity index (χ1v) is 2.65. The Kier molecular flexibility index (Phi) is 4.36. The van der Waals surface area contributed by atoms with Gasteiger partial charge in [0.1, 0.15) is 10.8 Å². The van der Waals surface area contributed by atoms with Crippen LogP contribution in [-0.2, 0) is 4.74 Å². The summed E-state index contributed by atoms with van der Waals surface area (Å²) in [5.41, 5.74) is 0. The predicted octanol–water partition coefficient (Wildman–Crippen LogP) is 2.30. The summed E-state index contributed by atoms with van der Waals surface area (Å²) in [6, 6.07) is 0. The van der Waals surface area contributed by atoms with Gasteiger partial charge in [-0.25, -0.2) is 0 Å². The molecule has 0 radical (unpaired) electrons. The molecule has 0 aliphatic rings. The molecule has 0 heterocycles. The van der Waals surface area contributed by atoms with Crippen LogP contribution in [0.4, 0.5) is 0 Å². The summed E-state index contributed by atoms with van der Waals surface area (Å²) >= 11 is 10.3. The maximum absolute atomic E-state index is 5.16. The maximum atomic E-state index is 5.16. The third kappa shape index (κ3) is 6.12. The lowest BCUT2D eigenvalue weighted by atomic mass is 10.9. The van der Waals surface area contributed by atoms with E-state index in [2.05, 4.69) is 4.74 Å². The summed E-state index contributed by atoms with van der Waals surface area (Å²) in [7, 11) is 0. The quantitative estimate of drug-likeness (QED) is 0.536.